The van der Waals surface area contributed by atoms with Crippen molar-refractivity contribution in [3.63, 3.8) is 0 Å². The minimum atomic E-state index is -3.33. The molecule has 0 aliphatic heterocycles. The fourth-order valence-electron chi connectivity index (χ4n) is 1.77. The molecule has 0 bridgehead atoms. The Hall–Kier alpha value is -2.67. The average Bonchev–Trinajstić information content (AvgIpc) is 2.47. The highest BCUT2D eigenvalue weighted by atomic mass is 32.2. The van der Waals surface area contributed by atoms with E-state index < -0.39 is 10.0 Å². The van der Waals surface area contributed by atoms with E-state index in [0.29, 0.717) is 16.9 Å². The van der Waals surface area contributed by atoms with E-state index in [1.54, 1.807) is 42.5 Å². The van der Waals surface area contributed by atoms with Crippen molar-refractivity contribution in [1.82, 2.24) is 0 Å². The van der Waals surface area contributed by atoms with E-state index in [9.17, 15) is 17.6 Å². The molecule has 1 amide bonds. The summed E-state index contributed by atoms with van der Waals surface area (Å²) in [6.45, 7) is 0. The highest BCUT2D eigenvalue weighted by Gasteiger charge is 2.02. The summed E-state index contributed by atoms with van der Waals surface area (Å²) in [6, 6.07) is 12.0. The fraction of sp³-hybridized carbons (Fsp3) is 0.0625. The van der Waals surface area contributed by atoms with Gasteiger partial charge in [-0.05, 0) is 48.0 Å². The van der Waals surface area contributed by atoms with E-state index in [4.69, 9.17) is 0 Å². The number of benzene rings is 2. The van der Waals surface area contributed by atoms with Gasteiger partial charge in [0.05, 0.1) is 6.26 Å². The van der Waals surface area contributed by atoms with Gasteiger partial charge in [-0.15, -0.1) is 0 Å². The van der Waals surface area contributed by atoms with Gasteiger partial charge in [0, 0.05) is 17.5 Å². The van der Waals surface area contributed by atoms with Crippen LogP contribution in [0.4, 0.5) is 15.8 Å². The molecule has 23 heavy (non-hydrogen) atoms. The number of rotatable bonds is 5. The number of sulfonamides is 1. The standard InChI is InChI=1S/C16H15FN2O3S/c1-23(21,22)19-15-9-7-14(8-10-15)18-16(20)11-4-12-2-5-13(17)6-3-12/h2-11,19H,1H3,(H,18,20)/b11-4+. The van der Waals surface area contributed by atoms with E-state index in [2.05, 4.69) is 10.0 Å². The molecule has 0 unspecified atom stereocenters. The number of carbonyl (C=O) groups excluding carboxylic acids is 1. The first-order valence-corrected chi connectivity index (χ1v) is 8.53. The number of hydrogen-bond donors (Lipinski definition) is 2. The predicted molar refractivity (Wildman–Crippen MR) is 89.0 cm³/mol. The lowest BCUT2D eigenvalue weighted by Gasteiger charge is -2.06. The molecule has 0 aliphatic carbocycles. The molecule has 0 radical (unpaired) electrons. The Bertz CT molecular complexity index is 813. The highest BCUT2D eigenvalue weighted by Crippen LogP contribution is 2.14. The van der Waals surface area contributed by atoms with Gasteiger partial charge in [0.25, 0.3) is 0 Å². The van der Waals surface area contributed by atoms with Gasteiger partial charge in [-0.2, -0.15) is 0 Å². The zero-order chi connectivity index (χ0) is 16.9. The Labute approximate surface area is 133 Å². The number of anilines is 2. The highest BCUT2D eigenvalue weighted by molar-refractivity contribution is 7.92. The molecule has 7 heteroatoms. The molecule has 0 saturated carbocycles. The molecule has 0 aromatic heterocycles. The summed E-state index contributed by atoms with van der Waals surface area (Å²) < 4.78 is 37.3. The van der Waals surface area contributed by atoms with Crippen LogP contribution < -0.4 is 10.0 Å². The molecular weight excluding hydrogens is 319 g/mol. The van der Waals surface area contributed by atoms with Crippen LogP contribution in [0.1, 0.15) is 5.56 Å². The second-order valence-corrected chi connectivity index (χ2v) is 6.57. The van der Waals surface area contributed by atoms with Crippen molar-refractivity contribution in [3.8, 4) is 0 Å². The van der Waals surface area contributed by atoms with Gasteiger partial charge in [0.15, 0.2) is 0 Å². The summed E-state index contributed by atoms with van der Waals surface area (Å²) in [5.41, 5.74) is 1.64. The maximum absolute atomic E-state index is 12.8. The minimum absolute atomic E-state index is 0.339. The van der Waals surface area contributed by atoms with Gasteiger partial charge in [-0.1, -0.05) is 12.1 Å². The Kier molecular flexibility index (Phi) is 5.13. The second-order valence-electron chi connectivity index (χ2n) is 4.83. The van der Waals surface area contributed by atoms with Crippen LogP contribution in [0.2, 0.25) is 0 Å². The molecule has 0 atom stereocenters. The monoisotopic (exact) mass is 334 g/mol. The zero-order valence-corrected chi connectivity index (χ0v) is 13.1. The van der Waals surface area contributed by atoms with Crippen molar-refractivity contribution >= 4 is 33.4 Å². The number of halogens is 1. The summed E-state index contributed by atoms with van der Waals surface area (Å²) in [5, 5.41) is 2.64. The topological polar surface area (TPSA) is 75.3 Å². The van der Waals surface area contributed by atoms with Gasteiger partial charge in [-0.25, -0.2) is 12.8 Å². The molecule has 0 spiro atoms. The molecular formula is C16H15FN2O3S. The van der Waals surface area contributed by atoms with Crippen molar-refractivity contribution in [2.45, 2.75) is 0 Å². The largest absolute Gasteiger partial charge is 0.323 e. The Morgan fingerprint density at radius 1 is 1.00 bits per heavy atom. The normalized spacial score (nSPS) is 11.4. The molecule has 2 N–H and O–H groups in total. The molecule has 2 rings (SSSR count). The van der Waals surface area contributed by atoms with Crippen LogP contribution >= 0.6 is 0 Å². The Balaban J connectivity index is 1.96. The van der Waals surface area contributed by atoms with Gasteiger partial charge in [0.2, 0.25) is 15.9 Å². The Morgan fingerprint density at radius 2 is 1.57 bits per heavy atom. The number of hydrogen-bond acceptors (Lipinski definition) is 3. The van der Waals surface area contributed by atoms with Crippen LogP contribution in [0.25, 0.3) is 6.08 Å². The summed E-state index contributed by atoms with van der Waals surface area (Å²) in [7, 11) is -3.33. The smallest absolute Gasteiger partial charge is 0.248 e. The number of nitrogens with one attached hydrogen (secondary N) is 2. The third kappa shape index (κ3) is 5.91. The van der Waals surface area contributed by atoms with Crippen molar-refractivity contribution in [2.24, 2.45) is 0 Å². The van der Waals surface area contributed by atoms with E-state index >= 15 is 0 Å². The first-order valence-electron chi connectivity index (χ1n) is 6.64. The van der Waals surface area contributed by atoms with E-state index in [-0.39, 0.29) is 11.7 Å². The summed E-state index contributed by atoms with van der Waals surface area (Å²) in [6.07, 6.45) is 3.95. The van der Waals surface area contributed by atoms with Crippen molar-refractivity contribution in [1.29, 1.82) is 0 Å². The van der Waals surface area contributed by atoms with Crippen molar-refractivity contribution in [2.75, 3.05) is 16.3 Å². The van der Waals surface area contributed by atoms with Gasteiger partial charge in [-0.3, -0.25) is 9.52 Å². The van der Waals surface area contributed by atoms with Crippen LogP contribution in [0.5, 0.6) is 0 Å². The van der Waals surface area contributed by atoms with Crippen LogP contribution in [0.15, 0.2) is 54.6 Å². The van der Waals surface area contributed by atoms with Gasteiger partial charge >= 0.3 is 0 Å². The van der Waals surface area contributed by atoms with Crippen LogP contribution in [0, 0.1) is 5.82 Å². The second kappa shape index (κ2) is 7.06. The number of amides is 1. The SMILES string of the molecule is CS(=O)(=O)Nc1ccc(NC(=O)/C=C/c2ccc(F)cc2)cc1. The number of carbonyl (C=O) groups is 1. The fourth-order valence-corrected chi connectivity index (χ4v) is 2.33. The molecule has 5 nitrogen and oxygen atoms in total. The lowest BCUT2D eigenvalue weighted by molar-refractivity contribution is -0.111. The molecule has 0 fully saturated rings. The minimum Gasteiger partial charge on any atom is -0.323 e. The van der Waals surface area contributed by atoms with E-state index in [0.717, 1.165) is 6.26 Å². The van der Waals surface area contributed by atoms with Crippen LogP contribution in [-0.2, 0) is 14.8 Å². The van der Waals surface area contributed by atoms with E-state index in [1.165, 1.54) is 18.2 Å². The lowest BCUT2D eigenvalue weighted by atomic mass is 10.2. The van der Waals surface area contributed by atoms with Crippen molar-refractivity contribution < 1.29 is 17.6 Å². The van der Waals surface area contributed by atoms with Crippen LogP contribution in [0.3, 0.4) is 0 Å². The molecule has 0 aliphatic rings. The molecule has 2 aromatic rings. The average molecular weight is 334 g/mol. The molecule has 0 saturated heterocycles. The molecule has 2 aromatic carbocycles. The quantitative estimate of drug-likeness (QED) is 0.826. The third-order valence-electron chi connectivity index (χ3n) is 2.75. The lowest BCUT2D eigenvalue weighted by Crippen LogP contribution is -2.10. The first kappa shape index (κ1) is 16.7. The summed E-state index contributed by atoms with van der Waals surface area (Å²) in [5.74, 6) is -0.687. The maximum Gasteiger partial charge on any atom is 0.248 e. The van der Waals surface area contributed by atoms with Crippen molar-refractivity contribution in [3.05, 3.63) is 66.0 Å². The van der Waals surface area contributed by atoms with E-state index in [1.807, 2.05) is 0 Å². The predicted octanol–water partition coefficient (Wildman–Crippen LogP) is 2.85. The zero-order valence-electron chi connectivity index (χ0n) is 12.3. The Morgan fingerprint density at radius 3 is 2.13 bits per heavy atom. The summed E-state index contributed by atoms with van der Waals surface area (Å²) >= 11 is 0. The van der Waals surface area contributed by atoms with Gasteiger partial charge in [0.1, 0.15) is 5.82 Å². The molecule has 0 heterocycles. The third-order valence-corrected chi connectivity index (χ3v) is 3.36. The summed E-state index contributed by atoms with van der Waals surface area (Å²) in [4.78, 5) is 11.8. The first-order chi connectivity index (χ1) is 10.8. The maximum atomic E-state index is 12.8. The molecule has 120 valence electrons. The van der Waals surface area contributed by atoms with Gasteiger partial charge < -0.3 is 5.32 Å². The van der Waals surface area contributed by atoms with Crippen LogP contribution in [-0.4, -0.2) is 20.6 Å².